The van der Waals surface area contributed by atoms with E-state index < -0.39 is 0 Å². The van der Waals surface area contributed by atoms with Gasteiger partial charge in [0.2, 0.25) is 0 Å². The highest BCUT2D eigenvalue weighted by Gasteiger charge is 2.05. The van der Waals surface area contributed by atoms with Gasteiger partial charge in [-0.05, 0) is 25.7 Å². The first-order valence-electron chi connectivity index (χ1n) is 8.98. The molecular weight excluding hydrogens is 320 g/mol. The van der Waals surface area contributed by atoms with Gasteiger partial charge >= 0.3 is 0 Å². The summed E-state index contributed by atoms with van der Waals surface area (Å²) in [4.78, 5) is 4.59. The molecule has 0 bridgehead atoms. The second-order valence-corrected chi connectivity index (χ2v) is 6.38. The third kappa shape index (κ3) is 9.40. The van der Waals surface area contributed by atoms with Crippen LogP contribution in [0.3, 0.4) is 0 Å². The maximum absolute atomic E-state index is 5.63. The molecule has 0 atom stereocenters. The molecule has 8 heteroatoms. The number of methoxy groups -OCH3 is 1. The highest BCUT2D eigenvalue weighted by atomic mass is 16.5. The first kappa shape index (κ1) is 21.4. The Balaban J connectivity index is 2.42. The van der Waals surface area contributed by atoms with Crippen molar-refractivity contribution in [2.24, 2.45) is 18.0 Å². The van der Waals surface area contributed by atoms with Crippen molar-refractivity contribution < 1.29 is 9.47 Å². The molecule has 0 radical (unpaired) electrons. The van der Waals surface area contributed by atoms with E-state index in [2.05, 4.69) is 39.7 Å². The van der Waals surface area contributed by atoms with Crippen LogP contribution in [0.2, 0.25) is 0 Å². The number of nitrogens with one attached hydrogen (secondary N) is 2. The summed E-state index contributed by atoms with van der Waals surface area (Å²) >= 11 is 0. The zero-order valence-corrected chi connectivity index (χ0v) is 16.3. The Hall–Kier alpha value is -1.67. The fourth-order valence-electron chi connectivity index (χ4n) is 2.00. The second kappa shape index (κ2) is 12.7. The van der Waals surface area contributed by atoms with Gasteiger partial charge in [-0.2, -0.15) is 0 Å². The van der Waals surface area contributed by atoms with E-state index in [1.807, 2.05) is 18.5 Å². The summed E-state index contributed by atoms with van der Waals surface area (Å²) in [7, 11) is 3.65. The molecule has 0 saturated heterocycles. The van der Waals surface area contributed by atoms with Crippen LogP contribution in [-0.4, -0.2) is 60.7 Å². The number of guanidine groups is 1. The van der Waals surface area contributed by atoms with E-state index in [9.17, 15) is 0 Å². The average molecular weight is 354 g/mol. The van der Waals surface area contributed by atoms with Crippen molar-refractivity contribution in [1.82, 2.24) is 25.4 Å². The fraction of sp³-hybridized carbons (Fsp3) is 0.824. The summed E-state index contributed by atoms with van der Waals surface area (Å²) in [6.45, 7) is 10.5. The molecule has 0 spiro atoms. The lowest BCUT2D eigenvalue weighted by molar-refractivity contribution is 0.128. The normalized spacial score (nSPS) is 12.0. The minimum atomic E-state index is 0.477. The largest absolute Gasteiger partial charge is 0.385 e. The number of hydrogen-bond acceptors (Lipinski definition) is 5. The van der Waals surface area contributed by atoms with Crippen LogP contribution in [0.4, 0.5) is 0 Å². The Bertz CT molecular complexity index is 501. The van der Waals surface area contributed by atoms with Gasteiger partial charge in [-0.25, -0.2) is 4.99 Å². The van der Waals surface area contributed by atoms with Gasteiger partial charge in [-0.3, -0.25) is 0 Å². The molecule has 1 aromatic heterocycles. The molecule has 1 rings (SSSR count). The summed E-state index contributed by atoms with van der Waals surface area (Å²) in [5.41, 5.74) is 0. The van der Waals surface area contributed by atoms with Crippen LogP contribution in [0.15, 0.2) is 4.99 Å². The van der Waals surface area contributed by atoms with Gasteiger partial charge in [-0.15, -0.1) is 10.2 Å². The molecule has 0 fully saturated rings. The Morgan fingerprint density at radius 2 is 1.92 bits per heavy atom. The lowest BCUT2D eigenvalue weighted by Crippen LogP contribution is -2.40. The van der Waals surface area contributed by atoms with Crippen molar-refractivity contribution in [3.05, 3.63) is 11.6 Å². The number of aromatic nitrogens is 3. The Morgan fingerprint density at radius 1 is 1.16 bits per heavy atom. The summed E-state index contributed by atoms with van der Waals surface area (Å²) in [6, 6.07) is 0. The fourth-order valence-corrected chi connectivity index (χ4v) is 2.00. The van der Waals surface area contributed by atoms with E-state index in [4.69, 9.17) is 9.47 Å². The van der Waals surface area contributed by atoms with Gasteiger partial charge in [-0.1, -0.05) is 13.8 Å². The number of ether oxygens (including phenoxy) is 2. The maximum Gasteiger partial charge on any atom is 0.191 e. The van der Waals surface area contributed by atoms with Crippen LogP contribution in [0.1, 0.15) is 38.3 Å². The maximum atomic E-state index is 5.63. The molecule has 1 aromatic rings. The summed E-state index contributed by atoms with van der Waals surface area (Å²) in [5, 5.41) is 14.8. The van der Waals surface area contributed by atoms with E-state index in [0.717, 1.165) is 50.2 Å². The van der Waals surface area contributed by atoms with Gasteiger partial charge in [0, 0.05) is 40.5 Å². The molecule has 0 aliphatic carbocycles. The molecule has 0 saturated carbocycles. The molecule has 0 aliphatic heterocycles. The summed E-state index contributed by atoms with van der Waals surface area (Å²) in [5.74, 6) is 3.14. The number of rotatable bonds is 12. The molecule has 0 unspecified atom stereocenters. The van der Waals surface area contributed by atoms with E-state index in [0.29, 0.717) is 25.6 Å². The van der Waals surface area contributed by atoms with Crippen LogP contribution in [0.25, 0.3) is 0 Å². The smallest absolute Gasteiger partial charge is 0.191 e. The number of nitrogens with zero attached hydrogens (tertiary/aromatic N) is 4. The van der Waals surface area contributed by atoms with Crippen molar-refractivity contribution in [1.29, 1.82) is 0 Å². The van der Waals surface area contributed by atoms with Gasteiger partial charge in [0.05, 0.1) is 6.61 Å². The van der Waals surface area contributed by atoms with Gasteiger partial charge in [0.15, 0.2) is 11.8 Å². The molecule has 0 amide bonds. The molecular formula is C17H34N6O2. The molecule has 25 heavy (non-hydrogen) atoms. The lowest BCUT2D eigenvalue weighted by Gasteiger charge is -2.13. The first-order chi connectivity index (χ1) is 12.0. The first-order valence-corrected chi connectivity index (χ1v) is 8.98. The number of aryl methyl sites for hydroxylation is 1. The van der Waals surface area contributed by atoms with Gasteiger partial charge in [0.25, 0.3) is 0 Å². The molecule has 0 aliphatic rings. The van der Waals surface area contributed by atoms with Crippen molar-refractivity contribution in [2.75, 3.05) is 40.0 Å². The monoisotopic (exact) mass is 354 g/mol. The van der Waals surface area contributed by atoms with E-state index >= 15 is 0 Å². The van der Waals surface area contributed by atoms with Crippen molar-refractivity contribution in [2.45, 2.75) is 40.2 Å². The van der Waals surface area contributed by atoms with Crippen molar-refractivity contribution in [3.8, 4) is 0 Å². The zero-order valence-electron chi connectivity index (χ0n) is 16.3. The third-order valence-electron chi connectivity index (χ3n) is 3.76. The Morgan fingerprint density at radius 3 is 2.56 bits per heavy atom. The van der Waals surface area contributed by atoms with Crippen molar-refractivity contribution in [3.63, 3.8) is 0 Å². The second-order valence-electron chi connectivity index (χ2n) is 6.38. The van der Waals surface area contributed by atoms with Crippen LogP contribution in [-0.2, 0) is 23.1 Å². The molecule has 1 heterocycles. The minimum Gasteiger partial charge on any atom is -0.385 e. The van der Waals surface area contributed by atoms with Gasteiger partial charge < -0.3 is 24.7 Å². The highest BCUT2D eigenvalue weighted by Crippen LogP contribution is 1.99. The van der Waals surface area contributed by atoms with Gasteiger partial charge in [0.1, 0.15) is 12.4 Å². The van der Waals surface area contributed by atoms with Crippen molar-refractivity contribution >= 4 is 5.96 Å². The zero-order chi connectivity index (χ0) is 18.5. The number of hydrogen-bond donors (Lipinski definition) is 2. The minimum absolute atomic E-state index is 0.477. The van der Waals surface area contributed by atoms with E-state index in [1.165, 1.54) is 0 Å². The molecule has 0 aromatic carbocycles. The van der Waals surface area contributed by atoms with Crippen LogP contribution in [0.5, 0.6) is 0 Å². The summed E-state index contributed by atoms with van der Waals surface area (Å²) < 4.78 is 12.7. The lowest BCUT2D eigenvalue weighted by atomic mass is 10.1. The number of aliphatic imine (C=N–C) groups is 1. The van der Waals surface area contributed by atoms with Crippen LogP contribution < -0.4 is 10.6 Å². The van der Waals surface area contributed by atoms with Crippen LogP contribution in [0, 0.1) is 12.8 Å². The highest BCUT2D eigenvalue weighted by molar-refractivity contribution is 5.79. The molecule has 8 nitrogen and oxygen atoms in total. The SMILES string of the molecule is COCCCNC(=NCc1nnc(C)n1C)NCCOCCC(C)C. The Kier molecular flexibility index (Phi) is 10.8. The van der Waals surface area contributed by atoms with E-state index in [-0.39, 0.29) is 0 Å². The predicted molar refractivity (Wildman–Crippen MR) is 99.7 cm³/mol. The quantitative estimate of drug-likeness (QED) is 0.334. The van der Waals surface area contributed by atoms with Crippen LogP contribution >= 0.6 is 0 Å². The molecule has 2 N–H and O–H groups in total. The summed E-state index contributed by atoms with van der Waals surface area (Å²) in [6.07, 6.45) is 2.01. The Labute approximate surface area is 151 Å². The topological polar surface area (TPSA) is 85.6 Å². The van der Waals surface area contributed by atoms with E-state index in [1.54, 1.807) is 7.11 Å². The average Bonchev–Trinajstić information content (AvgIpc) is 2.90. The third-order valence-corrected chi connectivity index (χ3v) is 3.76. The predicted octanol–water partition coefficient (Wildman–Crippen LogP) is 1.26. The standard InChI is InChI=1S/C17H34N6O2/c1-14(2)7-11-25-12-9-19-17(18-8-6-10-24-5)20-13-16-22-21-15(3)23(16)4/h14H,6-13H2,1-5H3,(H2,18,19,20). The molecule has 144 valence electrons.